The Hall–Kier alpha value is -5.56. The minimum atomic E-state index is -1.83. The average Bonchev–Trinajstić information content (AvgIpc) is 3.55. The first-order chi connectivity index (χ1) is 26.9. The van der Waals surface area contributed by atoms with E-state index in [-0.39, 0.29) is 25.3 Å². The summed E-state index contributed by atoms with van der Waals surface area (Å²) in [6.07, 6.45) is 0.969. The highest BCUT2D eigenvalue weighted by molar-refractivity contribution is 5.98. The maximum absolute atomic E-state index is 13.9. The number of aliphatic carboxylic acids is 3. The summed E-state index contributed by atoms with van der Waals surface area (Å²) in [7, 11) is 0. The first-order valence-electron chi connectivity index (χ1n) is 19.1. The van der Waals surface area contributed by atoms with Gasteiger partial charge in [-0.15, -0.1) is 0 Å². The van der Waals surface area contributed by atoms with Crippen LogP contribution in [0.2, 0.25) is 0 Å². The number of aromatic nitrogens is 1. The van der Waals surface area contributed by atoms with Crippen LogP contribution in [0.5, 0.6) is 0 Å². The molecule has 19 nitrogen and oxygen atoms in total. The number of para-hydroxylation sites is 1. The number of carboxylic acids is 3. The summed E-state index contributed by atoms with van der Waals surface area (Å²) < 4.78 is 0. The van der Waals surface area contributed by atoms with Crippen molar-refractivity contribution in [3.8, 4) is 0 Å². The van der Waals surface area contributed by atoms with Crippen molar-refractivity contribution >= 4 is 58.3 Å². The van der Waals surface area contributed by atoms with E-state index in [1.807, 2.05) is 32.0 Å². The summed E-state index contributed by atoms with van der Waals surface area (Å²) in [5, 5.41) is 41.8. The zero-order valence-electron chi connectivity index (χ0n) is 32.8. The van der Waals surface area contributed by atoms with Crippen molar-refractivity contribution in [2.45, 2.75) is 122 Å². The number of nitrogens with one attached hydrogen (secondary N) is 6. The van der Waals surface area contributed by atoms with E-state index in [9.17, 15) is 53.7 Å². The van der Waals surface area contributed by atoms with Gasteiger partial charge in [0.25, 0.3) is 0 Å². The molecule has 5 amide bonds. The summed E-state index contributed by atoms with van der Waals surface area (Å²) >= 11 is 0. The average molecular weight is 803 g/mol. The first-order valence-corrected chi connectivity index (χ1v) is 19.1. The number of carboxylic acid groups (broad SMARTS) is 3. The molecular weight excluding hydrogens is 744 g/mol. The molecule has 0 aliphatic carbocycles. The van der Waals surface area contributed by atoms with E-state index in [4.69, 9.17) is 11.5 Å². The molecule has 13 N–H and O–H groups in total. The Balaban J connectivity index is 2.40. The number of rotatable bonds is 26. The summed E-state index contributed by atoms with van der Waals surface area (Å²) in [6, 6.07) is -1.18. The van der Waals surface area contributed by atoms with Gasteiger partial charge in [0.05, 0.1) is 12.5 Å². The van der Waals surface area contributed by atoms with Crippen LogP contribution in [0.1, 0.15) is 84.6 Å². The van der Waals surface area contributed by atoms with Crippen LogP contribution in [0.3, 0.4) is 0 Å². The standard InChI is InChI=1S/C38H58N8O11/c1-5-21(4)32(38(56)57)46-35(53)26(12-8-9-15-39)42-37(55)29(18-31(49)50)45-34(52)27(13-14-30(47)48)43-36(54)28(44-33(51)24(40)16-20(2)3)17-22-19-41-25-11-7-6-10-23(22)25/h6-7,10-11,19-21,24,26-29,32,41H,5,8-9,12-18,39-40H2,1-4H3,(H,42,55)(H,43,54)(H,44,51)(H,45,52)(H,46,53)(H,47,48)(H,49,50)(H,56,57)/t21-,24-,26-,27-,28-,29-,32-/m0/s1. The van der Waals surface area contributed by atoms with Crippen LogP contribution in [-0.2, 0) is 44.8 Å². The molecule has 0 unspecified atom stereocenters. The predicted molar refractivity (Wildman–Crippen MR) is 208 cm³/mol. The van der Waals surface area contributed by atoms with Gasteiger partial charge in [0.1, 0.15) is 30.2 Å². The third-order valence-corrected chi connectivity index (χ3v) is 9.44. The van der Waals surface area contributed by atoms with E-state index in [1.54, 1.807) is 26.1 Å². The fourth-order valence-electron chi connectivity index (χ4n) is 6.06. The number of amides is 5. The number of H-pyrrole nitrogens is 1. The number of unbranched alkanes of at least 4 members (excludes halogenated alkanes) is 1. The minimum absolute atomic E-state index is 0.00296. The molecule has 2 rings (SSSR count). The summed E-state index contributed by atoms with van der Waals surface area (Å²) in [5.74, 6) is -9.18. The molecule has 0 saturated heterocycles. The summed E-state index contributed by atoms with van der Waals surface area (Å²) in [4.78, 5) is 106. The van der Waals surface area contributed by atoms with Gasteiger partial charge in [-0.3, -0.25) is 33.6 Å². The highest BCUT2D eigenvalue weighted by Gasteiger charge is 2.35. The fraction of sp³-hybridized carbons (Fsp3) is 0.579. The lowest BCUT2D eigenvalue weighted by Gasteiger charge is -2.27. The van der Waals surface area contributed by atoms with Gasteiger partial charge in [-0.25, -0.2) is 4.79 Å². The minimum Gasteiger partial charge on any atom is -0.481 e. The van der Waals surface area contributed by atoms with Crippen LogP contribution in [0.25, 0.3) is 10.9 Å². The van der Waals surface area contributed by atoms with Crippen molar-refractivity contribution in [1.29, 1.82) is 0 Å². The topological polar surface area (TPSA) is 325 Å². The number of carbonyl (C=O) groups is 8. The lowest BCUT2D eigenvalue weighted by Crippen LogP contribution is -2.60. The largest absolute Gasteiger partial charge is 0.481 e. The molecule has 0 fully saturated rings. The SMILES string of the molecule is CC[C@H](C)[C@H](NC(=O)[C@H](CCCCN)NC(=O)[C@H](CC(=O)O)NC(=O)[C@H](CCC(=O)O)NC(=O)[C@H](Cc1c[nH]c2ccccc12)NC(=O)[C@@H](N)CC(C)C)C(=O)O. The molecule has 1 aromatic carbocycles. The highest BCUT2D eigenvalue weighted by atomic mass is 16.4. The zero-order valence-corrected chi connectivity index (χ0v) is 32.8. The van der Waals surface area contributed by atoms with E-state index in [0.29, 0.717) is 31.2 Å². The van der Waals surface area contributed by atoms with Gasteiger partial charge in [0, 0.05) is 29.9 Å². The number of hydrogen-bond acceptors (Lipinski definition) is 10. The second kappa shape index (κ2) is 23.5. The van der Waals surface area contributed by atoms with Crippen molar-refractivity contribution in [2.24, 2.45) is 23.3 Å². The number of aromatic amines is 1. The summed E-state index contributed by atoms with van der Waals surface area (Å²) in [5.41, 5.74) is 13.1. The van der Waals surface area contributed by atoms with Crippen molar-refractivity contribution < 1.29 is 53.7 Å². The van der Waals surface area contributed by atoms with Gasteiger partial charge in [0.15, 0.2) is 0 Å². The predicted octanol–water partition coefficient (Wildman–Crippen LogP) is 0.107. The van der Waals surface area contributed by atoms with Crippen molar-refractivity contribution in [3.63, 3.8) is 0 Å². The molecule has 0 radical (unpaired) electrons. The Morgan fingerprint density at radius 3 is 1.86 bits per heavy atom. The highest BCUT2D eigenvalue weighted by Crippen LogP contribution is 2.20. The molecule has 0 aliphatic rings. The quantitative estimate of drug-likeness (QED) is 0.0564. The van der Waals surface area contributed by atoms with Crippen LogP contribution in [0.15, 0.2) is 30.5 Å². The van der Waals surface area contributed by atoms with Gasteiger partial charge in [-0.05, 0) is 62.1 Å². The number of carbonyl (C=O) groups excluding carboxylic acids is 5. The van der Waals surface area contributed by atoms with E-state index in [0.717, 1.165) is 10.9 Å². The third kappa shape index (κ3) is 15.8. The molecule has 2 aromatic rings. The Morgan fingerprint density at radius 1 is 0.719 bits per heavy atom. The van der Waals surface area contributed by atoms with Gasteiger partial charge in [-0.1, -0.05) is 52.3 Å². The summed E-state index contributed by atoms with van der Waals surface area (Å²) in [6.45, 7) is 7.35. The second-order valence-corrected chi connectivity index (χ2v) is 14.6. The second-order valence-electron chi connectivity index (χ2n) is 14.6. The van der Waals surface area contributed by atoms with Crippen LogP contribution in [0.4, 0.5) is 0 Å². The molecule has 0 saturated carbocycles. The Morgan fingerprint density at radius 2 is 1.28 bits per heavy atom. The maximum atomic E-state index is 13.9. The van der Waals surface area contributed by atoms with Gasteiger partial charge >= 0.3 is 17.9 Å². The van der Waals surface area contributed by atoms with Gasteiger partial charge in [-0.2, -0.15) is 0 Å². The molecule has 0 aliphatic heterocycles. The smallest absolute Gasteiger partial charge is 0.326 e. The van der Waals surface area contributed by atoms with E-state index in [2.05, 4.69) is 31.6 Å². The van der Waals surface area contributed by atoms with E-state index >= 15 is 0 Å². The third-order valence-electron chi connectivity index (χ3n) is 9.44. The lowest BCUT2D eigenvalue weighted by atomic mass is 9.98. The van der Waals surface area contributed by atoms with E-state index in [1.165, 1.54) is 0 Å². The Bertz CT molecular complexity index is 1710. The van der Waals surface area contributed by atoms with Crippen LogP contribution >= 0.6 is 0 Å². The molecule has 7 atom stereocenters. The molecule has 57 heavy (non-hydrogen) atoms. The van der Waals surface area contributed by atoms with E-state index < -0.39 is 109 Å². The van der Waals surface area contributed by atoms with Gasteiger partial charge < -0.3 is 58.4 Å². The van der Waals surface area contributed by atoms with Crippen LogP contribution in [-0.4, -0.2) is 111 Å². The fourth-order valence-corrected chi connectivity index (χ4v) is 6.06. The van der Waals surface area contributed by atoms with Gasteiger partial charge in [0.2, 0.25) is 29.5 Å². The molecule has 316 valence electrons. The number of benzene rings is 1. The zero-order chi connectivity index (χ0) is 42.8. The maximum Gasteiger partial charge on any atom is 0.326 e. The molecule has 0 spiro atoms. The molecule has 1 aromatic heterocycles. The molecule has 1 heterocycles. The molecule has 0 bridgehead atoms. The monoisotopic (exact) mass is 802 g/mol. The molecule has 19 heteroatoms. The lowest BCUT2D eigenvalue weighted by molar-refractivity contribution is -0.144. The van der Waals surface area contributed by atoms with Crippen LogP contribution in [0, 0.1) is 11.8 Å². The number of hydrogen-bond donors (Lipinski definition) is 11. The Kier molecular flexibility index (Phi) is 19.6. The number of nitrogens with two attached hydrogens (primary N) is 2. The van der Waals surface area contributed by atoms with Crippen molar-refractivity contribution in [2.75, 3.05) is 6.54 Å². The molecular formula is C38H58N8O11. The van der Waals surface area contributed by atoms with Crippen LogP contribution < -0.4 is 38.1 Å². The first kappa shape index (κ1) is 47.6. The Labute approximate surface area is 330 Å². The normalized spacial score (nSPS) is 14.9. The van der Waals surface area contributed by atoms with Crippen molar-refractivity contribution in [3.05, 3.63) is 36.0 Å². The number of fused-ring (bicyclic) bond motifs is 1. The van der Waals surface area contributed by atoms with Crippen molar-refractivity contribution in [1.82, 2.24) is 31.6 Å².